The van der Waals surface area contributed by atoms with Gasteiger partial charge in [0.15, 0.2) is 0 Å². The number of anilines is 2. The molecule has 0 aliphatic rings. The highest BCUT2D eigenvalue weighted by Crippen LogP contribution is 2.29. The van der Waals surface area contributed by atoms with Crippen LogP contribution in [-0.2, 0) is 0 Å². The number of nitrogens with zero attached hydrogens (tertiary/aromatic N) is 2. The smallest absolute Gasteiger partial charge is 0.224 e. The maximum Gasteiger partial charge on any atom is 0.224 e. The van der Waals surface area contributed by atoms with Gasteiger partial charge in [-0.15, -0.1) is 0 Å². The molecule has 17 heavy (non-hydrogen) atoms. The fourth-order valence-electron chi connectivity index (χ4n) is 1.27. The highest BCUT2D eigenvalue weighted by atomic mass is 79.9. The Kier molecular flexibility index (Phi) is 4.01. The van der Waals surface area contributed by atoms with Gasteiger partial charge in [0.05, 0.1) is 5.69 Å². The molecule has 0 radical (unpaired) electrons. The molecule has 2 rings (SSSR count). The van der Waals surface area contributed by atoms with Crippen molar-refractivity contribution in [3.63, 3.8) is 0 Å². The number of aromatic nitrogens is 2. The first kappa shape index (κ1) is 12.8. The molecule has 1 N–H and O–H groups in total. The summed E-state index contributed by atoms with van der Waals surface area (Å²) >= 11 is 12.6. The molecule has 1 aromatic carbocycles. The van der Waals surface area contributed by atoms with Gasteiger partial charge in [-0.1, -0.05) is 15.9 Å². The number of aryl methyl sites for hydroxylation is 1. The minimum Gasteiger partial charge on any atom is -0.339 e. The van der Waals surface area contributed by atoms with Crippen molar-refractivity contribution in [2.75, 3.05) is 5.32 Å². The molecule has 0 unspecified atom stereocenters. The van der Waals surface area contributed by atoms with E-state index in [9.17, 15) is 0 Å². The first-order valence-electron chi connectivity index (χ1n) is 4.77. The van der Waals surface area contributed by atoms with Crippen molar-refractivity contribution in [1.82, 2.24) is 9.97 Å². The molecule has 88 valence electrons. The van der Waals surface area contributed by atoms with Crippen LogP contribution in [0.15, 0.2) is 33.3 Å². The molecule has 0 spiro atoms. The second-order valence-corrected chi connectivity index (χ2v) is 5.53. The van der Waals surface area contributed by atoms with E-state index in [0.717, 1.165) is 20.2 Å². The van der Waals surface area contributed by atoms with Crippen LogP contribution >= 0.6 is 43.5 Å². The van der Waals surface area contributed by atoms with E-state index in [2.05, 4.69) is 47.1 Å². The molecule has 2 aromatic rings. The van der Waals surface area contributed by atoms with E-state index in [1.165, 1.54) is 0 Å². The summed E-state index contributed by atoms with van der Waals surface area (Å²) in [5.74, 6) is 0.702. The highest BCUT2D eigenvalue weighted by molar-refractivity contribution is 9.11. The summed E-state index contributed by atoms with van der Waals surface area (Å²) in [7, 11) is 0. The first-order chi connectivity index (χ1) is 8.06. The molecule has 0 amide bonds. The molecule has 0 bridgehead atoms. The number of halogens is 3. The lowest BCUT2D eigenvalue weighted by atomic mass is 10.3. The highest BCUT2D eigenvalue weighted by Gasteiger charge is 2.05. The summed E-state index contributed by atoms with van der Waals surface area (Å²) in [6.07, 6.45) is 1.68. The van der Waals surface area contributed by atoms with Crippen molar-refractivity contribution >= 4 is 55.0 Å². The lowest BCUT2D eigenvalue weighted by Crippen LogP contribution is -1.98. The molecule has 3 nitrogen and oxygen atoms in total. The van der Waals surface area contributed by atoms with Crippen molar-refractivity contribution in [2.45, 2.75) is 6.92 Å². The molecular weight excluding hydrogens is 369 g/mol. The molecule has 0 saturated heterocycles. The van der Waals surface area contributed by atoms with E-state index in [1.807, 2.05) is 25.1 Å². The fraction of sp³-hybridized carbons (Fsp3) is 0.0909. The van der Waals surface area contributed by atoms with Crippen LogP contribution in [0.3, 0.4) is 0 Å². The van der Waals surface area contributed by atoms with E-state index in [1.54, 1.807) is 6.20 Å². The van der Waals surface area contributed by atoms with Crippen LogP contribution in [0.5, 0.6) is 0 Å². The summed E-state index contributed by atoms with van der Waals surface area (Å²) < 4.78 is 1.95. The van der Waals surface area contributed by atoms with Gasteiger partial charge in [0.1, 0.15) is 5.82 Å². The third-order valence-electron chi connectivity index (χ3n) is 2.13. The number of hydrogen-bond acceptors (Lipinski definition) is 3. The van der Waals surface area contributed by atoms with Crippen LogP contribution < -0.4 is 5.32 Å². The summed E-state index contributed by atoms with van der Waals surface area (Å²) in [6, 6.07) is 5.86. The van der Waals surface area contributed by atoms with Crippen molar-refractivity contribution in [1.29, 1.82) is 0 Å². The van der Waals surface area contributed by atoms with Crippen LogP contribution in [0, 0.1) is 6.92 Å². The van der Waals surface area contributed by atoms with Gasteiger partial charge in [-0.05, 0) is 52.7 Å². The van der Waals surface area contributed by atoms with Crippen molar-refractivity contribution in [3.8, 4) is 0 Å². The van der Waals surface area contributed by atoms with Crippen LogP contribution in [0.2, 0.25) is 5.28 Å². The van der Waals surface area contributed by atoms with Crippen LogP contribution in [0.4, 0.5) is 11.5 Å². The Hall–Kier alpha value is -0.650. The third kappa shape index (κ3) is 3.18. The molecule has 0 aliphatic carbocycles. The Morgan fingerprint density at radius 3 is 2.76 bits per heavy atom. The van der Waals surface area contributed by atoms with Gasteiger partial charge in [-0.3, -0.25) is 0 Å². The number of rotatable bonds is 2. The second kappa shape index (κ2) is 5.33. The lowest BCUT2D eigenvalue weighted by molar-refractivity contribution is 1.13. The summed E-state index contributed by atoms with van der Waals surface area (Å²) in [6.45, 7) is 1.92. The summed E-state index contributed by atoms with van der Waals surface area (Å²) in [4.78, 5) is 8.05. The summed E-state index contributed by atoms with van der Waals surface area (Å²) in [5.41, 5.74) is 1.86. The standard InChI is InChI=1S/C11H8Br2ClN3/c1-6-5-15-11(14)17-10(6)16-9-3-2-7(12)4-8(9)13/h2-5H,1H3,(H,15,16,17). The monoisotopic (exact) mass is 375 g/mol. The van der Waals surface area contributed by atoms with Gasteiger partial charge in [-0.25, -0.2) is 9.97 Å². The largest absolute Gasteiger partial charge is 0.339 e. The normalized spacial score (nSPS) is 10.4. The van der Waals surface area contributed by atoms with Crippen LogP contribution in [0.25, 0.3) is 0 Å². The van der Waals surface area contributed by atoms with E-state index in [4.69, 9.17) is 11.6 Å². The van der Waals surface area contributed by atoms with Crippen molar-refractivity contribution in [3.05, 3.63) is 44.2 Å². The summed E-state index contributed by atoms with van der Waals surface area (Å²) in [5, 5.41) is 3.43. The number of nitrogens with one attached hydrogen (secondary N) is 1. The molecule has 0 saturated carbocycles. The molecule has 0 aliphatic heterocycles. The van der Waals surface area contributed by atoms with Crippen molar-refractivity contribution in [2.24, 2.45) is 0 Å². The zero-order valence-corrected chi connectivity index (χ0v) is 12.8. The minimum atomic E-state index is 0.228. The molecule has 1 heterocycles. The van der Waals surface area contributed by atoms with Crippen molar-refractivity contribution < 1.29 is 0 Å². The number of hydrogen-bond donors (Lipinski definition) is 1. The lowest BCUT2D eigenvalue weighted by Gasteiger charge is -2.10. The average Bonchev–Trinajstić information content (AvgIpc) is 2.27. The van der Waals surface area contributed by atoms with Gasteiger partial charge in [0.2, 0.25) is 5.28 Å². The molecule has 1 aromatic heterocycles. The van der Waals surface area contributed by atoms with E-state index in [0.29, 0.717) is 5.82 Å². The fourth-order valence-corrected chi connectivity index (χ4v) is 2.54. The van der Waals surface area contributed by atoms with E-state index in [-0.39, 0.29) is 5.28 Å². The third-order valence-corrected chi connectivity index (χ3v) is 3.46. The van der Waals surface area contributed by atoms with Gasteiger partial charge in [-0.2, -0.15) is 0 Å². The Morgan fingerprint density at radius 2 is 2.06 bits per heavy atom. The SMILES string of the molecule is Cc1cnc(Cl)nc1Nc1ccc(Br)cc1Br. The van der Waals surface area contributed by atoms with E-state index >= 15 is 0 Å². The topological polar surface area (TPSA) is 37.8 Å². The van der Waals surface area contributed by atoms with Gasteiger partial charge in [0.25, 0.3) is 0 Å². The van der Waals surface area contributed by atoms with E-state index < -0.39 is 0 Å². The molecular formula is C11H8Br2ClN3. The first-order valence-corrected chi connectivity index (χ1v) is 6.74. The van der Waals surface area contributed by atoms with Gasteiger partial charge >= 0.3 is 0 Å². The van der Waals surface area contributed by atoms with Gasteiger partial charge < -0.3 is 5.32 Å². The molecule has 0 atom stereocenters. The average molecular weight is 377 g/mol. The van der Waals surface area contributed by atoms with Gasteiger partial charge in [0, 0.05) is 20.7 Å². The predicted molar refractivity (Wildman–Crippen MR) is 76.9 cm³/mol. The number of benzene rings is 1. The van der Waals surface area contributed by atoms with Crippen LogP contribution in [-0.4, -0.2) is 9.97 Å². The quantitative estimate of drug-likeness (QED) is 0.771. The Balaban J connectivity index is 2.34. The second-order valence-electron chi connectivity index (χ2n) is 3.42. The maximum atomic E-state index is 5.77. The Labute approximate surface area is 121 Å². The zero-order chi connectivity index (χ0) is 12.4. The zero-order valence-electron chi connectivity index (χ0n) is 8.84. The Bertz CT molecular complexity index is 560. The molecule has 6 heteroatoms. The van der Waals surface area contributed by atoms with Crippen LogP contribution in [0.1, 0.15) is 5.56 Å². The maximum absolute atomic E-state index is 5.77. The minimum absolute atomic E-state index is 0.228. The predicted octanol–water partition coefficient (Wildman–Crippen LogP) is 4.71. The molecule has 0 fully saturated rings. The Morgan fingerprint density at radius 1 is 1.29 bits per heavy atom.